The second kappa shape index (κ2) is 11.2. The van der Waals surface area contributed by atoms with Crippen LogP contribution >= 0.6 is 11.8 Å². The molecule has 1 aromatic heterocycles. The maximum atomic E-state index is 12.7. The van der Waals surface area contributed by atoms with Gasteiger partial charge < -0.3 is 19.8 Å². The summed E-state index contributed by atoms with van der Waals surface area (Å²) in [6, 6.07) is 17.7. The number of amides is 2. The zero-order chi connectivity index (χ0) is 22.9. The number of carbonyl (C=O) groups is 3. The Morgan fingerprint density at radius 3 is 2.62 bits per heavy atom. The average Bonchev–Trinajstić information content (AvgIpc) is 3.30. The molecule has 0 fully saturated rings. The molecular formula is C24H24N2O5S. The molecule has 0 aliphatic carbocycles. The maximum absolute atomic E-state index is 12.7. The Morgan fingerprint density at radius 1 is 1.06 bits per heavy atom. The summed E-state index contributed by atoms with van der Waals surface area (Å²) in [4.78, 5) is 37.8. The molecule has 1 heterocycles. The topological polar surface area (TPSA) is 97.6 Å². The van der Waals surface area contributed by atoms with E-state index in [-0.39, 0.29) is 11.7 Å². The quantitative estimate of drug-likeness (QED) is 0.373. The molecule has 0 saturated carbocycles. The number of anilines is 1. The van der Waals surface area contributed by atoms with Gasteiger partial charge in [-0.2, -0.15) is 0 Å². The van der Waals surface area contributed by atoms with Crippen LogP contribution in [0.3, 0.4) is 0 Å². The fourth-order valence-electron chi connectivity index (χ4n) is 2.80. The molecule has 0 aliphatic rings. The Balaban J connectivity index is 1.54. The third-order valence-electron chi connectivity index (χ3n) is 4.44. The van der Waals surface area contributed by atoms with Gasteiger partial charge in [0.15, 0.2) is 6.10 Å². The van der Waals surface area contributed by atoms with Crippen LogP contribution in [0.1, 0.15) is 28.6 Å². The second-order valence-corrected chi connectivity index (χ2v) is 8.06. The van der Waals surface area contributed by atoms with Crippen molar-refractivity contribution >= 4 is 35.2 Å². The third-order valence-corrected chi connectivity index (χ3v) is 5.52. The molecule has 0 aliphatic heterocycles. The van der Waals surface area contributed by atoms with Gasteiger partial charge in [-0.25, -0.2) is 4.79 Å². The molecule has 0 saturated heterocycles. The predicted molar refractivity (Wildman–Crippen MR) is 122 cm³/mol. The van der Waals surface area contributed by atoms with Crippen LogP contribution in [0.15, 0.2) is 76.2 Å². The van der Waals surface area contributed by atoms with Gasteiger partial charge in [0.2, 0.25) is 5.91 Å². The number of hydrogen-bond acceptors (Lipinski definition) is 6. The number of esters is 1. The molecule has 0 bridgehead atoms. The van der Waals surface area contributed by atoms with E-state index in [0.717, 1.165) is 5.56 Å². The van der Waals surface area contributed by atoms with E-state index in [9.17, 15) is 14.4 Å². The van der Waals surface area contributed by atoms with E-state index < -0.39 is 18.0 Å². The molecule has 7 nitrogen and oxygen atoms in total. The number of ether oxygens (including phenoxy) is 1. The van der Waals surface area contributed by atoms with Crippen LogP contribution in [0, 0.1) is 6.92 Å². The van der Waals surface area contributed by atoms with Crippen LogP contribution in [0.25, 0.3) is 0 Å². The largest absolute Gasteiger partial charge is 0.467 e. The Hall–Kier alpha value is -3.52. The zero-order valence-electron chi connectivity index (χ0n) is 17.8. The maximum Gasteiger partial charge on any atom is 0.340 e. The Bertz CT molecular complexity index is 1080. The van der Waals surface area contributed by atoms with Crippen molar-refractivity contribution in [3.05, 3.63) is 83.8 Å². The fraction of sp³-hybridized carbons (Fsp3) is 0.208. The van der Waals surface area contributed by atoms with Crippen LogP contribution in [0.2, 0.25) is 0 Å². The Kier molecular flexibility index (Phi) is 8.10. The number of carbonyl (C=O) groups excluding carboxylic acids is 3. The second-order valence-electron chi connectivity index (χ2n) is 7.05. The number of rotatable bonds is 9. The van der Waals surface area contributed by atoms with Crippen LogP contribution in [-0.4, -0.2) is 29.6 Å². The summed E-state index contributed by atoms with van der Waals surface area (Å²) in [6.07, 6.45) is 0.554. The number of nitrogens with one attached hydrogen (secondary N) is 2. The van der Waals surface area contributed by atoms with Gasteiger partial charge in [-0.3, -0.25) is 9.59 Å². The molecule has 0 radical (unpaired) electrons. The van der Waals surface area contributed by atoms with Crippen molar-refractivity contribution in [2.75, 3.05) is 11.1 Å². The SMILES string of the molecule is Cc1cccc(NC(=O)[C@H](C)OC(=O)c2ccccc2SCC(=O)NCc2ccco2)c1. The molecule has 3 rings (SSSR count). The minimum Gasteiger partial charge on any atom is -0.467 e. The smallest absolute Gasteiger partial charge is 0.340 e. The third kappa shape index (κ3) is 6.75. The summed E-state index contributed by atoms with van der Waals surface area (Å²) >= 11 is 1.22. The number of hydrogen-bond donors (Lipinski definition) is 2. The summed E-state index contributed by atoms with van der Waals surface area (Å²) in [6.45, 7) is 3.73. The van der Waals surface area contributed by atoms with E-state index >= 15 is 0 Å². The molecule has 2 N–H and O–H groups in total. The van der Waals surface area contributed by atoms with Crippen molar-refractivity contribution in [3.8, 4) is 0 Å². The standard InChI is InChI=1S/C24H24N2O5S/c1-16-7-5-8-18(13-16)26-23(28)17(2)31-24(29)20-10-3-4-11-21(20)32-15-22(27)25-14-19-9-6-12-30-19/h3-13,17H,14-15H2,1-2H3,(H,25,27)(H,26,28)/t17-/m0/s1. The lowest BCUT2D eigenvalue weighted by Crippen LogP contribution is -2.30. The van der Waals surface area contributed by atoms with Gasteiger partial charge in [0.1, 0.15) is 5.76 Å². The van der Waals surface area contributed by atoms with Gasteiger partial charge in [0.05, 0.1) is 24.1 Å². The van der Waals surface area contributed by atoms with Gasteiger partial charge in [-0.1, -0.05) is 24.3 Å². The van der Waals surface area contributed by atoms with Crippen molar-refractivity contribution in [3.63, 3.8) is 0 Å². The predicted octanol–water partition coefficient (Wildman–Crippen LogP) is 4.18. The number of aryl methyl sites for hydroxylation is 1. The molecule has 3 aromatic rings. The summed E-state index contributed by atoms with van der Waals surface area (Å²) in [5, 5.41) is 5.49. The van der Waals surface area contributed by atoms with E-state index in [2.05, 4.69) is 10.6 Å². The van der Waals surface area contributed by atoms with Crippen molar-refractivity contribution < 1.29 is 23.5 Å². The molecular weight excluding hydrogens is 428 g/mol. The van der Waals surface area contributed by atoms with E-state index in [0.29, 0.717) is 28.5 Å². The van der Waals surface area contributed by atoms with Gasteiger partial charge in [0, 0.05) is 10.6 Å². The van der Waals surface area contributed by atoms with E-state index in [4.69, 9.17) is 9.15 Å². The lowest BCUT2D eigenvalue weighted by molar-refractivity contribution is -0.123. The molecule has 2 amide bonds. The molecule has 0 unspecified atom stereocenters. The molecule has 32 heavy (non-hydrogen) atoms. The van der Waals surface area contributed by atoms with Crippen LogP contribution in [-0.2, 0) is 20.9 Å². The lowest BCUT2D eigenvalue weighted by atomic mass is 10.2. The van der Waals surface area contributed by atoms with Crippen molar-refractivity contribution in [2.45, 2.75) is 31.4 Å². The summed E-state index contributed by atoms with van der Waals surface area (Å²) in [5.74, 6) is -0.470. The van der Waals surface area contributed by atoms with Gasteiger partial charge in [-0.15, -0.1) is 11.8 Å². The number of thioether (sulfide) groups is 1. The average molecular weight is 453 g/mol. The molecule has 8 heteroatoms. The highest BCUT2D eigenvalue weighted by molar-refractivity contribution is 8.00. The minimum absolute atomic E-state index is 0.119. The van der Waals surface area contributed by atoms with Crippen molar-refractivity contribution in [2.24, 2.45) is 0 Å². The Morgan fingerprint density at radius 2 is 1.88 bits per heavy atom. The first-order valence-corrected chi connectivity index (χ1v) is 11.0. The Labute approximate surface area is 190 Å². The monoisotopic (exact) mass is 452 g/mol. The van der Waals surface area contributed by atoms with Crippen LogP contribution in [0.4, 0.5) is 5.69 Å². The highest BCUT2D eigenvalue weighted by Crippen LogP contribution is 2.24. The highest BCUT2D eigenvalue weighted by Gasteiger charge is 2.21. The van der Waals surface area contributed by atoms with Crippen LogP contribution < -0.4 is 10.6 Å². The number of furan rings is 1. The molecule has 1 atom stereocenters. The van der Waals surface area contributed by atoms with E-state index in [1.165, 1.54) is 18.7 Å². The normalized spacial score (nSPS) is 11.4. The zero-order valence-corrected chi connectivity index (χ0v) is 18.6. The first kappa shape index (κ1) is 23.1. The lowest BCUT2D eigenvalue weighted by Gasteiger charge is -2.15. The summed E-state index contributed by atoms with van der Waals surface area (Å²) < 4.78 is 10.5. The van der Waals surface area contributed by atoms with Gasteiger partial charge >= 0.3 is 5.97 Å². The number of benzene rings is 2. The van der Waals surface area contributed by atoms with Crippen LogP contribution in [0.5, 0.6) is 0 Å². The molecule has 2 aromatic carbocycles. The molecule has 166 valence electrons. The van der Waals surface area contributed by atoms with Crippen molar-refractivity contribution in [1.29, 1.82) is 0 Å². The first-order valence-electron chi connectivity index (χ1n) is 10.0. The summed E-state index contributed by atoms with van der Waals surface area (Å²) in [5.41, 5.74) is 1.94. The van der Waals surface area contributed by atoms with Gasteiger partial charge in [-0.05, 0) is 55.8 Å². The molecule has 0 spiro atoms. The van der Waals surface area contributed by atoms with Gasteiger partial charge in [0.25, 0.3) is 5.91 Å². The minimum atomic E-state index is -0.988. The van der Waals surface area contributed by atoms with Crippen molar-refractivity contribution in [1.82, 2.24) is 5.32 Å². The first-order chi connectivity index (χ1) is 15.4. The highest BCUT2D eigenvalue weighted by atomic mass is 32.2. The van der Waals surface area contributed by atoms with E-state index in [1.807, 2.05) is 25.1 Å². The summed E-state index contributed by atoms with van der Waals surface area (Å²) in [7, 11) is 0. The fourth-order valence-corrected chi connectivity index (χ4v) is 3.67. The van der Waals surface area contributed by atoms with E-state index in [1.54, 1.807) is 48.7 Å².